The van der Waals surface area contributed by atoms with Crippen molar-refractivity contribution in [3.8, 4) is 0 Å². The molecule has 0 bridgehead atoms. The molecule has 104 valence electrons. The molecule has 0 aliphatic heterocycles. The van der Waals surface area contributed by atoms with Crippen LogP contribution in [-0.4, -0.2) is 19.5 Å². The molecule has 0 amide bonds. The summed E-state index contributed by atoms with van der Waals surface area (Å²) in [6.07, 6.45) is 1.88. The van der Waals surface area contributed by atoms with Gasteiger partial charge in [0, 0.05) is 6.54 Å². The summed E-state index contributed by atoms with van der Waals surface area (Å²) in [5, 5.41) is 0. The van der Waals surface area contributed by atoms with Crippen molar-refractivity contribution >= 4 is 22.0 Å². The number of hydrogen-bond acceptors (Lipinski definition) is 2. The number of rotatable bonds is 5. The second-order valence-electron chi connectivity index (χ2n) is 4.24. The van der Waals surface area contributed by atoms with Crippen LogP contribution >= 0.6 is 0 Å². The molecule has 0 aliphatic carbocycles. The summed E-state index contributed by atoms with van der Waals surface area (Å²) in [6.45, 7) is 0.0255. The highest BCUT2D eigenvalue weighted by atomic mass is 32.2. The summed E-state index contributed by atoms with van der Waals surface area (Å²) in [4.78, 5) is 0. The molecule has 2 aromatic rings. The fourth-order valence-corrected chi connectivity index (χ4v) is 2.15. The maximum atomic E-state index is 10.8. The van der Waals surface area contributed by atoms with E-state index in [2.05, 4.69) is 4.72 Å². The first-order valence-corrected chi connectivity index (χ1v) is 7.52. The van der Waals surface area contributed by atoms with Gasteiger partial charge in [-0.25, -0.2) is 0 Å². The minimum absolute atomic E-state index is 0.0255. The molecule has 0 saturated heterocycles. The van der Waals surface area contributed by atoms with Gasteiger partial charge in [0.2, 0.25) is 0 Å². The summed E-state index contributed by atoms with van der Waals surface area (Å²) in [7, 11) is -4.21. The number of hydrogen-bond donors (Lipinski definition) is 2. The van der Waals surface area contributed by atoms with Gasteiger partial charge in [-0.15, -0.1) is 0 Å². The van der Waals surface area contributed by atoms with E-state index in [9.17, 15) is 8.42 Å². The fourth-order valence-electron chi connectivity index (χ4n) is 1.81. The second kappa shape index (κ2) is 6.47. The van der Waals surface area contributed by atoms with E-state index >= 15 is 0 Å². The lowest BCUT2D eigenvalue weighted by Gasteiger charge is -2.08. The highest BCUT2D eigenvalue weighted by Gasteiger charge is 2.07. The van der Waals surface area contributed by atoms with Gasteiger partial charge in [0.15, 0.2) is 0 Å². The molecule has 5 heteroatoms. The number of nitrogens with one attached hydrogen (secondary N) is 1. The van der Waals surface area contributed by atoms with E-state index in [0.29, 0.717) is 0 Å². The maximum absolute atomic E-state index is 10.8. The van der Waals surface area contributed by atoms with Crippen LogP contribution in [0.15, 0.2) is 60.7 Å². The molecule has 2 aromatic carbocycles. The summed E-state index contributed by atoms with van der Waals surface area (Å²) in [5.41, 5.74) is 2.63. The van der Waals surface area contributed by atoms with Gasteiger partial charge in [0.1, 0.15) is 0 Å². The molecule has 0 spiro atoms. The van der Waals surface area contributed by atoms with E-state index in [-0.39, 0.29) is 6.54 Å². The van der Waals surface area contributed by atoms with Gasteiger partial charge in [0.05, 0.1) is 0 Å². The third-order valence-electron chi connectivity index (χ3n) is 2.73. The van der Waals surface area contributed by atoms with E-state index in [1.807, 2.05) is 66.7 Å². The first-order chi connectivity index (χ1) is 9.54. The first kappa shape index (κ1) is 14.5. The van der Waals surface area contributed by atoms with Gasteiger partial charge >= 0.3 is 10.3 Å². The summed E-state index contributed by atoms with van der Waals surface area (Å²) in [6, 6.07) is 19.0. The van der Waals surface area contributed by atoms with Crippen LogP contribution in [0.4, 0.5) is 0 Å². The van der Waals surface area contributed by atoms with E-state index in [0.717, 1.165) is 16.7 Å². The molecule has 0 aromatic heterocycles. The monoisotopic (exact) mass is 289 g/mol. The number of benzene rings is 2. The zero-order valence-electron chi connectivity index (χ0n) is 10.7. The van der Waals surface area contributed by atoms with Crippen molar-refractivity contribution in [2.75, 3.05) is 6.54 Å². The third-order valence-corrected chi connectivity index (χ3v) is 3.24. The van der Waals surface area contributed by atoms with Crippen molar-refractivity contribution in [2.45, 2.75) is 0 Å². The Bertz CT molecular complexity index is 680. The zero-order chi connectivity index (χ0) is 14.4. The van der Waals surface area contributed by atoms with Gasteiger partial charge in [-0.3, -0.25) is 4.55 Å². The van der Waals surface area contributed by atoms with Crippen LogP contribution < -0.4 is 4.72 Å². The quantitative estimate of drug-likeness (QED) is 0.657. The van der Waals surface area contributed by atoms with E-state index < -0.39 is 10.3 Å². The van der Waals surface area contributed by atoms with Crippen LogP contribution in [0.25, 0.3) is 11.6 Å². The Morgan fingerprint density at radius 1 is 1.00 bits per heavy atom. The lowest BCUT2D eigenvalue weighted by molar-refractivity contribution is 0.471. The predicted molar refractivity (Wildman–Crippen MR) is 80.3 cm³/mol. The minimum atomic E-state index is -4.21. The van der Waals surface area contributed by atoms with Crippen LogP contribution in [0.2, 0.25) is 0 Å². The Morgan fingerprint density at radius 3 is 2.10 bits per heavy atom. The van der Waals surface area contributed by atoms with Crippen molar-refractivity contribution in [1.82, 2.24) is 4.72 Å². The normalized spacial score (nSPS) is 12.3. The summed E-state index contributed by atoms with van der Waals surface area (Å²) >= 11 is 0. The topological polar surface area (TPSA) is 66.4 Å². The summed E-state index contributed by atoms with van der Waals surface area (Å²) in [5.74, 6) is 0. The van der Waals surface area contributed by atoms with E-state index in [1.165, 1.54) is 0 Å². The van der Waals surface area contributed by atoms with Crippen molar-refractivity contribution < 1.29 is 13.0 Å². The second-order valence-corrected chi connectivity index (χ2v) is 5.48. The zero-order valence-corrected chi connectivity index (χ0v) is 11.5. The molecule has 0 aliphatic rings. The molecule has 2 N–H and O–H groups in total. The van der Waals surface area contributed by atoms with E-state index in [1.54, 1.807) is 0 Å². The molecule has 0 heterocycles. The predicted octanol–water partition coefficient (Wildman–Crippen LogP) is 2.62. The molecule has 0 unspecified atom stereocenters. The molecule has 0 saturated carbocycles. The molecule has 0 atom stereocenters. The lowest BCUT2D eigenvalue weighted by Crippen LogP contribution is -2.24. The highest BCUT2D eigenvalue weighted by molar-refractivity contribution is 7.83. The smallest absolute Gasteiger partial charge is 0.273 e. The Hall–Kier alpha value is -1.95. The van der Waals surface area contributed by atoms with Crippen LogP contribution in [0.3, 0.4) is 0 Å². The molecular formula is C15H15NO3S. The fraction of sp³-hybridized carbons (Fsp3) is 0.0667. The largest absolute Gasteiger partial charge is 0.333 e. The molecule has 4 nitrogen and oxygen atoms in total. The van der Waals surface area contributed by atoms with Crippen molar-refractivity contribution in [1.29, 1.82) is 0 Å². The lowest BCUT2D eigenvalue weighted by atomic mass is 10.0. The van der Waals surface area contributed by atoms with Crippen molar-refractivity contribution in [3.63, 3.8) is 0 Å². The Morgan fingerprint density at radius 2 is 1.55 bits per heavy atom. The summed E-state index contributed by atoms with van der Waals surface area (Å²) < 4.78 is 32.6. The van der Waals surface area contributed by atoms with E-state index in [4.69, 9.17) is 4.55 Å². The molecule has 2 rings (SSSR count). The Balaban J connectivity index is 2.32. The minimum Gasteiger partial charge on any atom is -0.273 e. The van der Waals surface area contributed by atoms with Crippen molar-refractivity contribution in [2.24, 2.45) is 0 Å². The third kappa shape index (κ3) is 4.62. The average molecular weight is 289 g/mol. The standard InChI is InChI=1S/C15H15NO3S/c17-20(18,19)16-12-15(14-9-5-2-6-10-14)11-13-7-3-1-4-8-13/h1-11,16H,12H2,(H,17,18,19). The average Bonchev–Trinajstić information content (AvgIpc) is 2.44. The van der Waals surface area contributed by atoms with Crippen LogP contribution in [0, 0.1) is 0 Å². The molecule has 20 heavy (non-hydrogen) atoms. The highest BCUT2D eigenvalue weighted by Crippen LogP contribution is 2.17. The van der Waals surface area contributed by atoms with Crippen LogP contribution in [0.1, 0.15) is 11.1 Å². The van der Waals surface area contributed by atoms with Gasteiger partial charge in [-0.1, -0.05) is 60.7 Å². The Labute approximate surface area is 118 Å². The van der Waals surface area contributed by atoms with Crippen molar-refractivity contribution in [3.05, 3.63) is 71.8 Å². The first-order valence-electron chi connectivity index (χ1n) is 6.08. The molecular weight excluding hydrogens is 274 g/mol. The van der Waals surface area contributed by atoms with Gasteiger partial charge in [-0.05, 0) is 22.8 Å². The van der Waals surface area contributed by atoms with Gasteiger partial charge in [0.25, 0.3) is 0 Å². The Kier molecular flexibility index (Phi) is 4.68. The van der Waals surface area contributed by atoms with Gasteiger partial charge in [-0.2, -0.15) is 13.1 Å². The molecule has 0 radical (unpaired) electrons. The van der Waals surface area contributed by atoms with Crippen LogP contribution in [0.5, 0.6) is 0 Å². The molecule has 0 fully saturated rings. The maximum Gasteiger partial charge on any atom is 0.333 e. The van der Waals surface area contributed by atoms with Gasteiger partial charge < -0.3 is 0 Å². The van der Waals surface area contributed by atoms with Crippen LogP contribution in [-0.2, 0) is 10.3 Å². The SMILES string of the molecule is O=S(=O)(O)NCC(=Cc1ccccc1)c1ccccc1.